The van der Waals surface area contributed by atoms with Crippen LogP contribution in [0.1, 0.15) is 0 Å². The van der Waals surface area contributed by atoms with Gasteiger partial charge in [-0.15, -0.1) is 0 Å². The van der Waals surface area contributed by atoms with Crippen LogP contribution < -0.4 is 10.2 Å². The summed E-state index contributed by atoms with van der Waals surface area (Å²) in [4.78, 5) is 22.1. The first-order valence-corrected chi connectivity index (χ1v) is 7.53. The van der Waals surface area contributed by atoms with Crippen molar-refractivity contribution in [3.05, 3.63) is 61.6 Å². The minimum Gasteiger partial charge on any atom is -0.377 e. The zero-order valence-electron chi connectivity index (χ0n) is 13.7. The van der Waals surface area contributed by atoms with Gasteiger partial charge in [0.15, 0.2) is 0 Å². The minimum atomic E-state index is -0.258. The Morgan fingerprint density at radius 3 is 2.75 bits per heavy atom. The van der Waals surface area contributed by atoms with Crippen molar-refractivity contribution in [2.24, 2.45) is 0 Å². The van der Waals surface area contributed by atoms with Crippen LogP contribution in [-0.4, -0.2) is 30.0 Å². The van der Waals surface area contributed by atoms with Gasteiger partial charge in [-0.3, -0.25) is 14.8 Å². The third-order valence-electron chi connectivity index (χ3n) is 3.72. The Balaban J connectivity index is 2.06. The maximum Gasteiger partial charge on any atom is 0.247 e. The summed E-state index contributed by atoms with van der Waals surface area (Å²) in [6.07, 6.45) is 6.43. The Bertz CT molecular complexity index is 918. The van der Waals surface area contributed by atoms with Gasteiger partial charge in [-0.05, 0) is 35.9 Å². The third kappa shape index (κ3) is 3.10. The molecule has 120 valence electrons. The lowest BCUT2D eigenvalue weighted by Crippen LogP contribution is -2.09. The van der Waals surface area contributed by atoms with Crippen LogP contribution >= 0.6 is 0 Å². The number of anilines is 2. The van der Waals surface area contributed by atoms with Gasteiger partial charge in [0.2, 0.25) is 5.91 Å². The van der Waals surface area contributed by atoms with Crippen LogP contribution in [0.3, 0.4) is 0 Å². The molecule has 5 heteroatoms. The van der Waals surface area contributed by atoms with Gasteiger partial charge in [0, 0.05) is 43.1 Å². The molecular weight excluding hydrogens is 300 g/mol. The highest BCUT2D eigenvalue weighted by molar-refractivity contribution is 5.99. The third-order valence-corrected chi connectivity index (χ3v) is 3.72. The van der Waals surface area contributed by atoms with E-state index in [4.69, 9.17) is 0 Å². The zero-order chi connectivity index (χ0) is 17.1. The Morgan fingerprint density at radius 1 is 1.17 bits per heavy atom. The number of hydrogen-bond acceptors (Lipinski definition) is 4. The number of hydrogen-bond donors (Lipinski definition) is 1. The summed E-state index contributed by atoms with van der Waals surface area (Å²) in [5, 5.41) is 3.80. The fourth-order valence-corrected chi connectivity index (χ4v) is 2.56. The van der Waals surface area contributed by atoms with Crippen molar-refractivity contribution in [2.45, 2.75) is 0 Å². The van der Waals surface area contributed by atoms with E-state index in [2.05, 4.69) is 32.8 Å². The summed E-state index contributed by atoms with van der Waals surface area (Å²) in [7, 11) is 4.02. The summed E-state index contributed by atoms with van der Waals surface area (Å²) >= 11 is 0. The molecule has 24 heavy (non-hydrogen) atoms. The van der Waals surface area contributed by atoms with Crippen molar-refractivity contribution in [3.8, 4) is 11.1 Å². The largest absolute Gasteiger partial charge is 0.377 e. The molecule has 0 spiro atoms. The van der Waals surface area contributed by atoms with Crippen molar-refractivity contribution in [2.75, 3.05) is 24.3 Å². The molecule has 1 aromatic carbocycles. The number of benzene rings is 1. The summed E-state index contributed by atoms with van der Waals surface area (Å²) in [6.45, 7) is 3.45. The maximum atomic E-state index is 11.5. The molecule has 0 saturated heterocycles. The van der Waals surface area contributed by atoms with Crippen molar-refractivity contribution in [1.82, 2.24) is 9.97 Å². The van der Waals surface area contributed by atoms with Gasteiger partial charge in [-0.25, -0.2) is 0 Å². The molecule has 0 saturated carbocycles. The van der Waals surface area contributed by atoms with E-state index in [1.807, 2.05) is 44.6 Å². The normalized spacial score (nSPS) is 10.4. The first-order chi connectivity index (χ1) is 11.6. The first kappa shape index (κ1) is 15.7. The Kier molecular flexibility index (Phi) is 4.24. The maximum absolute atomic E-state index is 11.5. The first-order valence-electron chi connectivity index (χ1n) is 7.53. The van der Waals surface area contributed by atoms with Crippen LogP contribution in [0.15, 0.2) is 61.6 Å². The van der Waals surface area contributed by atoms with Crippen molar-refractivity contribution >= 4 is 28.2 Å². The molecular formula is C19H18N4O. The summed E-state index contributed by atoms with van der Waals surface area (Å²) in [5.41, 5.74) is 4.62. The number of pyridine rings is 2. The van der Waals surface area contributed by atoms with Gasteiger partial charge >= 0.3 is 0 Å². The number of nitrogens with zero attached hydrogens (tertiary/aromatic N) is 3. The van der Waals surface area contributed by atoms with E-state index in [9.17, 15) is 4.79 Å². The molecule has 3 aromatic rings. The number of fused-ring (bicyclic) bond motifs is 1. The second-order valence-corrected chi connectivity index (χ2v) is 5.61. The molecule has 2 heterocycles. The number of nitrogens with one attached hydrogen (secondary N) is 1. The molecule has 1 amide bonds. The second-order valence-electron chi connectivity index (χ2n) is 5.61. The minimum absolute atomic E-state index is 0.258. The molecule has 3 rings (SSSR count). The molecule has 0 unspecified atom stereocenters. The zero-order valence-corrected chi connectivity index (χ0v) is 13.7. The smallest absolute Gasteiger partial charge is 0.247 e. The molecule has 0 bridgehead atoms. The van der Waals surface area contributed by atoms with Gasteiger partial charge in [-0.1, -0.05) is 12.6 Å². The van der Waals surface area contributed by atoms with Crippen molar-refractivity contribution < 1.29 is 4.79 Å². The quantitative estimate of drug-likeness (QED) is 0.748. The van der Waals surface area contributed by atoms with Crippen LogP contribution in [0, 0.1) is 0 Å². The predicted molar refractivity (Wildman–Crippen MR) is 98.1 cm³/mol. The predicted octanol–water partition coefficient (Wildman–Crippen LogP) is 3.49. The summed E-state index contributed by atoms with van der Waals surface area (Å²) in [6, 6.07) is 9.97. The number of carbonyl (C=O) groups is 1. The lowest BCUT2D eigenvalue weighted by atomic mass is 10.0. The highest BCUT2D eigenvalue weighted by atomic mass is 16.1. The summed E-state index contributed by atoms with van der Waals surface area (Å²) < 4.78 is 0. The second kappa shape index (κ2) is 6.50. The molecule has 0 fully saturated rings. The van der Waals surface area contributed by atoms with Crippen LogP contribution in [0.2, 0.25) is 0 Å². The molecule has 0 aliphatic heterocycles. The van der Waals surface area contributed by atoms with Crippen LogP contribution in [0.25, 0.3) is 22.0 Å². The molecule has 0 aliphatic rings. The molecule has 0 atom stereocenters. The molecule has 5 nitrogen and oxygen atoms in total. The van der Waals surface area contributed by atoms with E-state index in [1.165, 1.54) is 6.08 Å². The average Bonchev–Trinajstić information content (AvgIpc) is 2.60. The standard InChI is InChI=1S/C19H18N4O/c1-4-19(24)22-15-9-14(11-20-12-15)13-5-6-17-16(10-13)18(23(2)3)7-8-21-17/h4-12H,1H2,2-3H3,(H,22,24). The van der Waals surface area contributed by atoms with E-state index < -0.39 is 0 Å². The van der Waals surface area contributed by atoms with Crippen molar-refractivity contribution in [3.63, 3.8) is 0 Å². The van der Waals surface area contributed by atoms with E-state index in [1.54, 1.807) is 12.4 Å². The highest BCUT2D eigenvalue weighted by Gasteiger charge is 2.07. The van der Waals surface area contributed by atoms with Gasteiger partial charge in [0.1, 0.15) is 0 Å². The molecule has 1 N–H and O–H groups in total. The van der Waals surface area contributed by atoms with E-state index >= 15 is 0 Å². The van der Waals surface area contributed by atoms with Gasteiger partial charge in [0.05, 0.1) is 17.4 Å². The van der Waals surface area contributed by atoms with Crippen LogP contribution in [-0.2, 0) is 4.79 Å². The van der Waals surface area contributed by atoms with Gasteiger partial charge in [-0.2, -0.15) is 0 Å². The Hall–Kier alpha value is -3.21. The number of aromatic nitrogens is 2. The highest BCUT2D eigenvalue weighted by Crippen LogP contribution is 2.29. The van der Waals surface area contributed by atoms with Crippen LogP contribution in [0.4, 0.5) is 11.4 Å². The number of amides is 1. The average molecular weight is 318 g/mol. The number of carbonyl (C=O) groups excluding carboxylic acids is 1. The lowest BCUT2D eigenvalue weighted by molar-refractivity contribution is -0.111. The number of rotatable bonds is 4. The Morgan fingerprint density at radius 2 is 2.00 bits per heavy atom. The van der Waals surface area contributed by atoms with Gasteiger partial charge < -0.3 is 10.2 Å². The van der Waals surface area contributed by atoms with E-state index in [-0.39, 0.29) is 5.91 Å². The topological polar surface area (TPSA) is 58.1 Å². The fourth-order valence-electron chi connectivity index (χ4n) is 2.56. The molecule has 2 aromatic heterocycles. The molecule has 0 aliphatic carbocycles. The Labute approximate surface area is 140 Å². The van der Waals surface area contributed by atoms with Crippen LogP contribution in [0.5, 0.6) is 0 Å². The van der Waals surface area contributed by atoms with E-state index in [0.717, 1.165) is 27.7 Å². The molecule has 0 radical (unpaired) electrons. The van der Waals surface area contributed by atoms with Gasteiger partial charge in [0.25, 0.3) is 0 Å². The monoisotopic (exact) mass is 318 g/mol. The van der Waals surface area contributed by atoms with E-state index in [0.29, 0.717) is 5.69 Å². The fraction of sp³-hybridized carbons (Fsp3) is 0.105. The SMILES string of the molecule is C=CC(=O)Nc1cncc(-c2ccc3nccc(N(C)C)c3c2)c1. The lowest BCUT2D eigenvalue weighted by Gasteiger charge is -2.15. The van der Waals surface area contributed by atoms with Crippen molar-refractivity contribution in [1.29, 1.82) is 0 Å². The summed E-state index contributed by atoms with van der Waals surface area (Å²) in [5.74, 6) is -0.258.